The lowest BCUT2D eigenvalue weighted by atomic mass is 9.97. The van der Waals surface area contributed by atoms with Gasteiger partial charge in [0.25, 0.3) is 0 Å². The molecule has 0 amide bonds. The Hall–Kier alpha value is -0.470. The number of aryl methyl sites for hydroxylation is 1. The molecule has 1 atom stereocenters. The number of rotatable bonds is 3. The minimum absolute atomic E-state index is 0.465. The standard InChI is InChI=1S/C11H17NS/c1-8-4-5-10(13-3)6-11(8)9(2)7-12/h4-6,9H,7,12H2,1-3H3. The van der Waals surface area contributed by atoms with Gasteiger partial charge in [-0.2, -0.15) is 0 Å². The molecule has 0 aliphatic carbocycles. The van der Waals surface area contributed by atoms with E-state index in [1.165, 1.54) is 16.0 Å². The molecule has 1 unspecified atom stereocenters. The molecule has 0 heterocycles. The first-order valence-corrected chi connectivity index (χ1v) is 5.76. The van der Waals surface area contributed by atoms with E-state index in [0.717, 1.165) is 6.54 Å². The van der Waals surface area contributed by atoms with Crippen LogP contribution in [0.2, 0.25) is 0 Å². The molecule has 1 nitrogen and oxygen atoms in total. The van der Waals surface area contributed by atoms with Crippen LogP contribution in [-0.2, 0) is 0 Å². The van der Waals surface area contributed by atoms with Crippen LogP contribution in [0.4, 0.5) is 0 Å². The van der Waals surface area contributed by atoms with Crippen molar-refractivity contribution >= 4 is 11.8 Å². The molecule has 13 heavy (non-hydrogen) atoms. The summed E-state index contributed by atoms with van der Waals surface area (Å²) in [7, 11) is 0. The number of thioether (sulfide) groups is 1. The second-order valence-corrected chi connectivity index (χ2v) is 4.24. The summed E-state index contributed by atoms with van der Waals surface area (Å²) in [5.41, 5.74) is 8.38. The second-order valence-electron chi connectivity index (χ2n) is 3.36. The minimum Gasteiger partial charge on any atom is -0.330 e. The van der Waals surface area contributed by atoms with Crippen LogP contribution in [0.15, 0.2) is 23.1 Å². The number of hydrogen-bond donors (Lipinski definition) is 1. The lowest BCUT2D eigenvalue weighted by Crippen LogP contribution is -2.10. The maximum Gasteiger partial charge on any atom is 0.00721 e. The predicted molar refractivity (Wildman–Crippen MR) is 60.4 cm³/mol. The minimum atomic E-state index is 0.465. The Balaban J connectivity index is 3.03. The summed E-state index contributed by atoms with van der Waals surface area (Å²) >= 11 is 1.78. The zero-order valence-electron chi connectivity index (χ0n) is 8.50. The first-order valence-electron chi connectivity index (χ1n) is 4.53. The van der Waals surface area contributed by atoms with Crippen LogP contribution >= 0.6 is 11.8 Å². The van der Waals surface area contributed by atoms with Crippen molar-refractivity contribution in [1.29, 1.82) is 0 Å². The van der Waals surface area contributed by atoms with Crippen LogP contribution < -0.4 is 5.73 Å². The quantitative estimate of drug-likeness (QED) is 0.751. The molecule has 0 fully saturated rings. The summed E-state index contributed by atoms with van der Waals surface area (Å²) in [5.74, 6) is 0.465. The van der Waals surface area contributed by atoms with Gasteiger partial charge in [-0.3, -0.25) is 0 Å². The molecule has 1 aromatic carbocycles. The van der Waals surface area contributed by atoms with Gasteiger partial charge in [0.05, 0.1) is 0 Å². The summed E-state index contributed by atoms with van der Waals surface area (Å²) in [4.78, 5) is 1.32. The molecule has 0 radical (unpaired) electrons. The third-order valence-electron chi connectivity index (χ3n) is 2.37. The van der Waals surface area contributed by atoms with Crippen molar-refractivity contribution in [3.8, 4) is 0 Å². The maximum absolute atomic E-state index is 5.66. The molecule has 1 aromatic rings. The maximum atomic E-state index is 5.66. The van der Waals surface area contributed by atoms with Gasteiger partial charge < -0.3 is 5.73 Å². The lowest BCUT2D eigenvalue weighted by Gasteiger charge is -2.13. The Kier molecular flexibility index (Phi) is 3.82. The highest BCUT2D eigenvalue weighted by Crippen LogP contribution is 2.24. The Morgan fingerprint density at radius 3 is 2.69 bits per heavy atom. The van der Waals surface area contributed by atoms with Crippen molar-refractivity contribution in [2.45, 2.75) is 24.7 Å². The van der Waals surface area contributed by atoms with Crippen molar-refractivity contribution in [1.82, 2.24) is 0 Å². The summed E-state index contributed by atoms with van der Waals surface area (Å²) < 4.78 is 0. The van der Waals surface area contributed by atoms with Crippen LogP contribution in [0.5, 0.6) is 0 Å². The van der Waals surface area contributed by atoms with E-state index in [4.69, 9.17) is 5.73 Å². The van der Waals surface area contributed by atoms with Crippen LogP contribution in [0.3, 0.4) is 0 Å². The Morgan fingerprint density at radius 1 is 1.46 bits per heavy atom. The van der Waals surface area contributed by atoms with Crippen LogP contribution in [0, 0.1) is 6.92 Å². The lowest BCUT2D eigenvalue weighted by molar-refractivity contribution is 0.765. The third kappa shape index (κ3) is 2.48. The summed E-state index contributed by atoms with van der Waals surface area (Å²) in [6.45, 7) is 5.04. The Labute approximate surface area is 84.7 Å². The highest BCUT2D eigenvalue weighted by atomic mass is 32.2. The molecule has 0 bridgehead atoms. The average Bonchev–Trinajstić information content (AvgIpc) is 2.17. The van der Waals surface area contributed by atoms with Crippen LogP contribution in [0.25, 0.3) is 0 Å². The highest BCUT2D eigenvalue weighted by Gasteiger charge is 2.06. The van der Waals surface area contributed by atoms with E-state index in [9.17, 15) is 0 Å². The van der Waals surface area contributed by atoms with E-state index in [-0.39, 0.29) is 0 Å². The van der Waals surface area contributed by atoms with Gasteiger partial charge in [-0.05, 0) is 48.9 Å². The van der Waals surface area contributed by atoms with Gasteiger partial charge in [0.15, 0.2) is 0 Å². The first kappa shape index (κ1) is 10.6. The van der Waals surface area contributed by atoms with Crippen molar-refractivity contribution in [2.75, 3.05) is 12.8 Å². The monoisotopic (exact) mass is 195 g/mol. The van der Waals surface area contributed by atoms with Gasteiger partial charge >= 0.3 is 0 Å². The van der Waals surface area contributed by atoms with Gasteiger partial charge in [-0.25, -0.2) is 0 Å². The molecule has 0 aromatic heterocycles. The van der Waals surface area contributed by atoms with E-state index in [2.05, 4.69) is 38.3 Å². The molecule has 2 heteroatoms. The number of nitrogens with two attached hydrogens (primary N) is 1. The summed E-state index contributed by atoms with van der Waals surface area (Å²) in [5, 5.41) is 0. The molecule has 0 saturated heterocycles. The zero-order chi connectivity index (χ0) is 9.84. The zero-order valence-corrected chi connectivity index (χ0v) is 9.32. The van der Waals surface area contributed by atoms with Crippen molar-refractivity contribution < 1.29 is 0 Å². The fourth-order valence-electron chi connectivity index (χ4n) is 1.40. The van der Waals surface area contributed by atoms with Crippen molar-refractivity contribution in [3.05, 3.63) is 29.3 Å². The molecular weight excluding hydrogens is 178 g/mol. The van der Waals surface area contributed by atoms with E-state index in [0.29, 0.717) is 5.92 Å². The van der Waals surface area contributed by atoms with Crippen molar-refractivity contribution in [2.24, 2.45) is 5.73 Å². The molecule has 72 valence electrons. The highest BCUT2D eigenvalue weighted by molar-refractivity contribution is 7.98. The van der Waals surface area contributed by atoms with E-state index in [1.54, 1.807) is 11.8 Å². The van der Waals surface area contributed by atoms with Crippen LogP contribution in [0.1, 0.15) is 24.0 Å². The Bertz CT molecular complexity index is 283. The number of benzene rings is 1. The Morgan fingerprint density at radius 2 is 2.15 bits per heavy atom. The third-order valence-corrected chi connectivity index (χ3v) is 3.10. The molecule has 1 rings (SSSR count). The van der Waals surface area contributed by atoms with E-state index >= 15 is 0 Å². The average molecular weight is 195 g/mol. The van der Waals surface area contributed by atoms with E-state index < -0.39 is 0 Å². The molecular formula is C11H17NS. The van der Waals surface area contributed by atoms with E-state index in [1.807, 2.05) is 0 Å². The first-order chi connectivity index (χ1) is 6.19. The summed E-state index contributed by atoms with van der Waals surface area (Å²) in [6.07, 6.45) is 2.10. The normalized spacial score (nSPS) is 12.9. The molecule has 0 aliphatic rings. The number of hydrogen-bond acceptors (Lipinski definition) is 2. The molecule has 2 N–H and O–H groups in total. The largest absolute Gasteiger partial charge is 0.330 e. The second kappa shape index (κ2) is 4.68. The fraction of sp³-hybridized carbons (Fsp3) is 0.455. The molecule has 0 saturated carbocycles. The molecule has 0 aliphatic heterocycles. The molecule has 0 spiro atoms. The predicted octanol–water partition coefficient (Wildman–Crippen LogP) is 2.78. The fourth-order valence-corrected chi connectivity index (χ4v) is 1.85. The van der Waals surface area contributed by atoms with Crippen LogP contribution in [-0.4, -0.2) is 12.8 Å². The van der Waals surface area contributed by atoms with Gasteiger partial charge in [-0.15, -0.1) is 11.8 Å². The van der Waals surface area contributed by atoms with Gasteiger partial charge in [0, 0.05) is 4.90 Å². The van der Waals surface area contributed by atoms with Crippen molar-refractivity contribution in [3.63, 3.8) is 0 Å². The van der Waals surface area contributed by atoms with Gasteiger partial charge in [0.2, 0.25) is 0 Å². The van der Waals surface area contributed by atoms with Gasteiger partial charge in [0.1, 0.15) is 0 Å². The topological polar surface area (TPSA) is 26.0 Å². The summed E-state index contributed by atoms with van der Waals surface area (Å²) in [6, 6.07) is 6.58. The van der Waals surface area contributed by atoms with Gasteiger partial charge in [-0.1, -0.05) is 13.0 Å². The SMILES string of the molecule is CSc1ccc(C)c(C(C)CN)c1. The smallest absolute Gasteiger partial charge is 0.00721 e.